The molecule has 0 aliphatic heterocycles. The quantitative estimate of drug-likeness (QED) is 0.0280. The van der Waals surface area contributed by atoms with E-state index in [9.17, 15) is 19.0 Å². The highest BCUT2D eigenvalue weighted by molar-refractivity contribution is 7.47. The molecule has 0 radical (unpaired) electrons. The first kappa shape index (κ1) is 48.0. The number of ether oxygens (including phenoxy) is 2. The number of carbonyl (C=O) groups excluding carboxylic acids is 2. The molecule has 0 saturated carbocycles. The Labute approximate surface area is 305 Å². The molecule has 50 heavy (non-hydrogen) atoms. The third-order valence-electron chi connectivity index (χ3n) is 7.98. The van der Waals surface area contributed by atoms with Crippen molar-refractivity contribution >= 4 is 19.8 Å². The summed E-state index contributed by atoms with van der Waals surface area (Å²) in [6.07, 6.45) is 40.0. The van der Waals surface area contributed by atoms with Gasteiger partial charge in [-0.05, 0) is 51.4 Å². The van der Waals surface area contributed by atoms with Gasteiger partial charge in [-0.1, -0.05) is 146 Å². The molecule has 1 unspecified atom stereocenters. The van der Waals surface area contributed by atoms with Gasteiger partial charge in [0.2, 0.25) is 0 Å². The molecule has 0 aromatic carbocycles. The number of hydrogen-bond acceptors (Lipinski definition) is 8. The van der Waals surface area contributed by atoms with Crippen LogP contribution in [0.2, 0.25) is 0 Å². The predicted octanol–water partition coefficient (Wildman–Crippen LogP) is 10.8. The van der Waals surface area contributed by atoms with Gasteiger partial charge in [-0.15, -0.1) is 0 Å². The Hall–Kier alpha value is -2.03. The van der Waals surface area contributed by atoms with Crippen LogP contribution in [0.1, 0.15) is 162 Å². The van der Waals surface area contributed by atoms with Crippen molar-refractivity contribution in [1.29, 1.82) is 0 Å². The minimum Gasteiger partial charge on any atom is -0.462 e. The molecule has 0 aromatic rings. The SMILES string of the molecule is CC/C=C\C/C=C\C/C=C\C/C=C\CCCCC(=O)O[C@H](COC(=O)CCCCCCCCCCCCCCCC)COP(=O)(O)OCCN. The van der Waals surface area contributed by atoms with Gasteiger partial charge in [0.1, 0.15) is 6.61 Å². The molecule has 0 aliphatic rings. The summed E-state index contributed by atoms with van der Waals surface area (Å²) in [6.45, 7) is 3.56. The summed E-state index contributed by atoms with van der Waals surface area (Å²) >= 11 is 0. The zero-order chi connectivity index (χ0) is 36.8. The Kier molecular flexibility index (Phi) is 35.3. The van der Waals surface area contributed by atoms with Crippen molar-refractivity contribution in [3.05, 3.63) is 48.6 Å². The lowest BCUT2D eigenvalue weighted by atomic mass is 10.0. The first-order valence-electron chi connectivity index (χ1n) is 19.6. The molecule has 0 rings (SSSR count). The maximum atomic E-state index is 12.5. The van der Waals surface area contributed by atoms with E-state index in [1.807, 2.05) is 0 Å². The van der Waals surface area contributed by atoms with Crippen LogP contribution in [0.4, 0.5) is 0 Å². The van der Waals surface area contributed by atoms with Crippen LogP contribution < -0.4 is 5.73 Å². The Morgan fingerprint density at radius 1 is 0.620 bits per heavy atom. The number of nitrogens with two attached hydrogens (primary N) is 1. The van der Waals surface area contributed by atoms with Crippen LogP contribution in [0.25, 0.3) is 0 Å². The van der Waals surface area contributed by atoms with E-state index >= 15 is 0 Å². The van der Waals surface area contributed by atoms with Gasteiger partial charge in [-0.25, -0.2) is 4.57 Å². The number of esters is 2. The second-order valence-corrected chi connectivity index (χ2v) is 14.2. The number of unbranched alkanes of at least 4 members (excludes halogenated alkanes) is 15. The van der Waals surface area contributed by atoms with Crippen molar-refractivity contribution in [1.82, 2.24) is 0 Å². The van der Waals surface area contributed by atoms with Gasteiger partial charge in [0, 0.05) is 19.4 Å². The molecule has 2 atom stereocenters. The molecule has 0 aliphatic carbocycles. The Morgan fingerprint density at radius 2 is 1.10 bits per heavy atom. The lowest BCUT2D eigenvalue weighted by molar-refractivity contribution is -0.161. The highest BCUT2D eigenvalue weighted by Crippen LogP contribution is 2.43. The van der Waals surface area contributed by atoms with Gasteiger partial charge in [-0.2, -0.15) is 0 Å². The van der Waals surface area contributed by atoms with E-state index in [1.54, 1.807) is 0 Å². The summed E-state index contributed by atoms with van der Waals surface area (Å²) in [5.74, 6) is -0.878. The molecular formula is C40H72NO8P. The number of hydrogen-bond donors (Lipinski definition) is 2. The first-order chi connectivity index (χ1) is 24.3. The van der Waals surface area contributed by atoms with Crippen molar-refractivity contribution in [3.8, 4) is 0 Å². The monoisotopic (exact) mass is 725 g/mol. The summed E-state index contributed by atoms with van der Waals surface area (Å²) in [5, 5.41) is 0. The molecule has 0 fully saturated rings. The standard InChI is InChI=1S/C40H72NO8P/c1-3-5-7-9-11-13-15-17-19-21-23-25-27-29-31-33-40(43)49-38(37-48-50(44,45)47-35-34-41)36-46-39(42)32-30-28-26-24-22-20-18-16-14-12-10-8-6-4-2/h5,7,11,13,17,19,23,25,38H,3-4,6,8-10,12,14-16,18,20-22,24,26-37,41H2,1-2H3,(H,44,45)/b7-5-,13-11-,19-17-,25-23-/t38-/m1/s1. The predicted molar refractivity (Wildman–Crippen MR) is 206 cm³/mol. The second kappa shape index (κ2) is 36.8. The van der Waals surface area contributed by atoms with E-state index < -0.39 is 32.5 Å². The summed E-state index contributed by atoms with van der Waals surface area (Å²) in [5.41, 5.74) is 5.33. The van der Waals surface area contributed by atoms with Crippen molar-refractivity contribution in [2.45, 2.75) is 168 Å². The van der Waals surface area contributed by atoms with Crippen molar-refractivity contribution in [2.24, 2.45) is 5.73 Å². The summed E-state index contributed by atoms with van der Waals surface area (Å²) in [6, 6.07) is 0. The molecule has 3 N–H and O–H groups in total. The van der Waals surface area contributed by atoms with Gasteiger partial charge in [-0.3, -0.25) is 18.6 Å². The molecule has 0 saturated heterocycles. The smallest absolute Gasteiger partial charge is 0.462 e. The molecule has 0 spiro atoms. The summed E-state index contributed by atoms with van der Waals surface area (Å²) < 4.78 is 32.6. The Morgan fingerprint density at radius 3 is 1.64 bits per heavy atom. The average molecular weight is 726 g/mol. The number of rotatable bonds is 36. The number of allylic oxidation sites excluding steroid dienone is 8. The van der Waals surface area contributed by atoms with Crippen LogP contribution in [-0.4, -0.2) is 49.3 Å². The average Bonchev–Trinajstić information content (AvgIpc) is 3.10. The lowest BCUT2D eigenvalue weighted by Crippen LogP contribution is -2.29. The van der Waals surface area contributed by atoms with E-state index in [0.717, 1.165) is 57.8 Å². The van der Waals surface area contributed by atoms with Gasteiger partial charge in [0.25, 0.3) is 0 Å². The summed E-state index contributed by atoms with van der Waals surface area (Å²) in [4.78, 5) is 34.7. The van der Waals surface area contributed by atoms with Gasteiger partial charge < -0.3 is 20.1 Å². The molecule has 0 aromatic heterocycles. The zero-order valence-electron chi connectivity index (χ0n) is 31.6. The molecule has 0 heterocycles. The van der Waals surface area contributed by atoms with Gasteiger partial charge >= 0.3 is 19.8 Å². The molecular weight excluding hydrogens is 653 g/mol. The van der Waals surface area contributed by atoms with E-state index in [4.69, 9.17) is 24.3 Å². The Balaban J connectivity index is 4.28. The number of phosphoric acid groups is 1. The largest absolute Gasteiger partial charge is 0.472 e. The highest BCUT2D eigenvalue weighted by Gasteiger charge is 2.25. The fraction of sp³-hybridized carbons (Fsp3) is 0.750. The van der Waals surface area contributed by atoms with Crippen LogP contribution in [-0.2, 0) is 32.7 Å². The highest BCUT2D eigenvalue weighted by atomic mass is 31.2. The van der Waals surface area contributed by atoms with E-state index in [1.165, 1.54) is 70.6 Å². The van der Waals surface area contributed by atoms with Crippen molar-refractivity contribution in [2.75, 3.05) is 26.4 Å². The van der Waals surface area contributed by atoms with E-state index in [0.29, 0.717) is 6.42 Å². The molecule has 10 heteroatoms. The fourth-order valence-corrected chi connectivity index (χ4v) is 5.86. The third-order valence-corrected chi connectivity index (χ3v) is 8.96. The van der Waals surface area contributed by atoms with E-state index in [-0.39, 0.29) is 32.6 Å². The second-order valence-electron chi connectivity index (χ2n) is 12.8. The minimum absolute atomic E-state index is 0.0457. The van der Waals surface area contributed by atoms with Crippen LogP contribution in [0.3, 0.4) is 0 Å². The maximum absolute atomic E-state index is 12.5. The fourth-order valence-electron chi connectivity index (χ4n) is 5.09. The minimum atomic E-state index is -4.38. The van der Waals surface area contributed by atoms with Gasteiger partial charge in [0.05, 0.1) is 13.2 Å². The van der Waals surface area contributed by atoms with Crippen LogP contribution in [0.15, 0.2) is 48.6 Å². The Bertz CT molecular complexity index is 965. The van der Waals surface area contributed by atoms with Crippen molar-refractivity contribution in [3.63, 3.8) is 0 Å². The van der Waals surface area contributed by atoms with Crippen LogP contribution in [0.5, 0.6) is 0 Å². The normalized spacial score (nSPS) is 13.9. The first-order valence-corrected chi connectivity index (χ1v) is 21.1. The lowest BCUT2D eigenvalue weighted by Gasteiger charge is -2.19. The van der Waals surface area contributed by atoms with Crippen LogP contribution in [0, 0.1) is 0 Å². The molecule has 9 nitrogen and oxygen atoms in total. The van der Waals surface area contributed by atoms with Crippen molar-refractivity contribution < 1.29 is 37.6 Å². The third kappa shape index (κ3) is 35.8. The number of phosphoric ester groups is 1. The maximum Gasteiger partial charge on any atom is 0.472 e. The van der Waals surface area contributed by atoms with Crippen LogP contribution >= 0.6 is 7.82 Å². The number of carbonyl (C=O) groups is 2. The topological polar surface area (TPSA) is 134 Å². The molecule has 290 valence electrons. The molecule has 0 amide bonds. The van der Waals surface area contributed by atoms with Gasteiger partial charge in [0.15, 0.2) is 6.10 Å². The molecule has 0 bridgehead atoms. The van der Waals surface area contributed by atoms with E-state index in [2.05, 4.69) is 62.5 Å². The summed E-state index contributed by atoms with van der Waals surface area (Å²) in [7, 11) is -4.38. The zero-order valence-corrected chi connectivity index (χ0v) is 32.5.